The first kappa shape index (κ1) is 25.8. The van der Waals surface area contributed by atoms with E-state index < -0.39 is 31.1 Å². The Hall–Kier alpha value is -1.23. The number of rotatable bonds is 4. The standard InChI is InChI=1S/C11H15O2S.C2F6NO4S2/c1-12-10-2-4-11(5-3-10)14-8-6-13-7-9-14;3-1(4,5)14(10,11)9-15(12,13)2(6,7)8/h2-5H,6-9H2,1H3;/q+1;-1. The average Bonchev–Trinajstić information content (AvgIpc) is 2.60. The minimum atomic E-state index is -6.72. The Balaban J connectivity index is 0.000000290. The predicted molar refractivity (Wildman–Crippen MR) is 92.5 cm³/mol. The van der Waals surface area contributed by atoms with Crippen LogP contribution in [0.4, 0.5) is 26.3 Å². The molecule has 0 aromatic heterocycles. The van der Waals surface area contributed by atoms with Crippen LogP contribution in [0.5, 0.6) is 5.75 Å². The highest BCUT2D eigenvalue weighted by atomic mass is 32.3. The Morgan fingerprint density at radius 2 is 1.31 bits per heavy atom. The van der Waals surface area contributed by atoms with Gasteiger partial charge in [-0.2, -0.15) is 26.3 Å². The quantitative estimate of drug-likeness (QED) is 0.474. The van der Waals surface area contributed by atoms with Crippen LogP contribution in [0.25, 0.3) is 4.13 Å². The summed E-state index contributed by atoms with van der Waals surface area (Å²) in [6, 6.07) is 8.43. The summed E-state index contributed by atoms with van der Waals surface area (Å²) >= 11 is 0. The van der Waals surface area contributed by atoms with Crippen LogP contribution in [0.1, 0.15) is 0 Å². The Bertz CT molecular complexity index is 820. The van der Waals surface area contributed by atoms with Gasteiger partial charge in [0.1, 0.15) is 17.3 Å². The molecule has 1 aromatic rings. The van der Waals surface area contributed by atoms with Crippen molar-refractivity contribution in [2.24, 2.45) is 0 Å². The highest BCUT2D eigenvalue weighted by Gasteiger charge is 2.46. The van der Waals surface area contributed by atoms with Gasteiger partial charge in [-0.05, 0) is 24.3 Å². The Morgan fingerprint density at radius 3 is 1.66 bits per heavy atom. The minimum absolute atomic E-state index is 0.401. The molecule has 0 aliphatic carbocycles. The first-order chi connectivity index (χ1) is 13.1. The Morgan fingerprint density at radius 1 is 0.897 bits per heavy atom. The van der Waals surface area contributed by atoms with Gasteiger partial charge in [-0.1, -0.05) is 0 Å². The van der Waals surface area contributed by atoms with Gasteiger partial charge < -0.3 is 13.6 Å². The molecule has 168 valence electrons. The molecule has 0 atom stereocenters. The molecule has 1 saturated heterocycles. The molecule has 0 N–H and O–H groups in total. The molecule has 1 aliphatic rings. The number of hydrogen-bond acceptors (Lipinski definition) is 6. The first-order valence-corrected chi connectivity index (χ1v) is 11.8. The van der Waals surface area contributed by atoms with E-state index in [9.17, 15) is 43.2 Å². The van der Waals surface area contributed by atoms with Crippen LogP contribution in [0.15, 0.2) is 29.2 Å². The minimum Gasteiger partial charge on any atom is -0.497 e. The molecule has 1 heterocycles. The lowest BCUT2D eigenvalue weighted by atomic mass is 10.3. The molecule has 16 heteroatoms. The van der Waals surface area contributed by atoms with Crippen LogP contribution in [-0.4, -0.2) is 59.7 Å². The maximum absolute atomic E-state index is 11.4. The molecule has 1 aliphatic heterocycles. The van der Waals surface area contributed by atoms with Crippen molar-refractivity contribution in [1.82, 2.24) is 0 Å². The average molecular weight is 491 g/mol. The molecular weight excluding hydrogens is 476 g/mol. The summed E-state index contributed by atoms with van der Waals surface area (Å²) in [4.78, 5) is 1.44. The van der Waals surface area contributed by atoms with E-state index in [1.807, 2.05) is 12.1 Å². The molecule has 0 unspecified atom stereocenters. The van der Waals surface area contributed by atoms with E-state index in [1.165, 1.54) is 16.4 Å². The second-order valence-electron chi connectivity index (χ2n) is 5.11. The largest absolute Gasteiger partial charge is 0.497 e. The van der Waals surface area contributed by atoms with E-state index in [0.717, 1.165) is 23.1 Å². The third kappa shape index (κ3) is 7.51. The van der Waals surface area contributed by atoms with Crippen molar-refractivity contribution in [3.63, 3.8) is 0 Å². The Labute approximate surface area is 165 Å². The molecule has 0 spiro atoms. The van der Waals surface area contributed by atoms with Gasteiger partial charge in [0.25, 0.3) is 0 Å². The second kappa shape index (κ2) is 9.72. The molecule has 0 amide bonds. The monoisotopic (exact) mass is 491 g/mol. The van der Waals surface area contributed by atoms with Gasteiger partial charge in [0, 0.05) is 10.9 Å². The second-order valence-corrected chi connectivity index (χ2v) is 10.8. The zero-order valence-corrected chi connectivity index (χ0v) is 17.0. The van der Waals surface area contributed by atoms with E-state index in [4.69, 9.17) is 9.47 Å². The fraction of sp³-hybridized carbons (Fsp3) is 0.538. The van der Waals surface area contributed by atoms with Gasteiger partial charge in [0.05, 0.1) is 20.3 Å². The van der Waals surface area contributed by atoms with Crippen LogP contribution >= 0.6 is 0 Å². The summed E-state index contributed by atoms with van der Waals surface area (Å²) < 4.78 is 120. The topological polar surface area (TPSA) is 101 Å². The van der Waals surface area contributed by atoms with Crippen molar-refractivity contribution in [3.05, 3.63) is 28.4 Å². The summed E-state index contributed by atoms with van der Waals surface area (Å²) in [6.45, 7) is 1.82. The van der Waals surface area contributed by atoms with Crippen molar-refractivity contribution in [2.45, 2.75) is 15.9 Å². The first-order valence-electron chi connectivity index (χ1n) is 7.37. The predicted octanol–water partition coefficient (Wildman–Crippen LogP) is 2.76. The van der Waals surface area contributed by atoms with Crippen molar-refractivity contribution < 1.29 is 52.7 Å². The van der Waals surface area contributed by atoms with E-state index in [2.05, 4.69) is 12.1 Å². The smallest absolute Gasteiger partial charge is 0.480 e. The zero-order chi connectivity index (χ0) is 22.5. The maximum Gasteiger partial charge on any atom is 0.480 e. The molecular formula is C13H15F6NO6S3. The summed E-state index contributed by atoms with van der Waals surface area (Å²) in [7, 11) is -11.3. The fourth-order valence-electron chi connectivity index (χ4n) is 1.74. The summed E-state index contributed by atoms with van der Waals surface area (Å²) in [5.74, 6) is 3.28. The number of halogens is 6. The van der Waals surface area contributed by atoms with Gasteiger partial charge in [-0.25, -0.2) is 16.8 Å². The maximum atomic E-state index is 11.4. The lowest BCUT2D eigenvalue weighted by Gasteiger charge is -2.22. The van der Waals surface area contributed by atoms with Gasteiger partial charge >= 0.3 is 11.0 Å². The van der Waals surface area contributed by atoms with Crippen molar-refractivity contribution >= 4 is 30.9 Å². The fourth-order valence-corrected chi connectivity index (χ4v) is 5.28. The SMILES string of the molecule is COc1ccc([S+]2CCOCC2)cc1.O=S(=O)([N-]S(=O)(=O)C(F)(F)F)C(F)(F)F. The third-order valence-electron chi connectivity index (χ3n) is 3.12. The lowest BCUT2D eigenvalue weighted by Crippen LogP contribution is -2.30. The van der Waals surface area contributed by atoms with Gasteiger partial charge in [-0.3, -0.25) is 0 Å². The molecule has 1 fully saturated rings. The van der Waals surface area contributed by atoms with Crippen LogP contribution in [0, 0.1) is 0 Å². The van der Waals surface area contributed by atoms with Crippen LogP contribution < -0.4 is 4.74 Å². The van der Waals surface area contributed by atoms with Crippen LogP contribution in [0.2, 0.25) is 0 Å². The molecule has 2 rings (SSSR count). The van der Waals surface area contributed by atoms with Crippen molar-refractivity contribution in [2.75, 3.05) is 31.8 Å². The normalized spacial score (nSPS) is 16.7. The van der Waals surface area contributed by atoms with Crippen LogP contribution in [-0.2, 0) is 35.7 Å². The van der Waals surface area contributed by atoms with Crippen LogP contribution in [0.3, 0.4) is 0 Å². The molecule has 7 nitrogen and oxygen atoms in total. The summed E-state index contributed by atoms with van der Waals surface area (Å²) in [5, 5.41) is 0. The van der Waals surface area contributed by atoms with Gasteiger partial charge in [0.15, 0.2) is 24.9 Å². The van der Waals surface area contributed by atoms with Gasteiger partial charge in [-0.15, -0.1) is 0 Å². The highest BCUT2D eigenvalue weighted by molar-refractivity contribution is 8.13. The Kier molecular flexibility index (Phi) is 8.65. The highest BCUT2D eigenvalue weighted by Crippen LogP contribution is 2.36. The molecule has 0 saturated carbocycles. The summed E-state index contributed by atoms with van der Waals surface area (Å²) in [5.41, 5.74) is -12.4. The molecule has 29 heavy (non-hydrogen) atoms. The number of hydrogen-bond donors (Lipinski definition) is 0. The molecule has 1 aromatic carbocycles. The van der Waals surface area contributed by atoms with E-state index in [0.29, 0.717) is 10.9 Å². The summed E-state index contributed by atoms with van der Waals surface area (Å²) in [6.07, 6.45) is 0. The lowest BCUT2D eigenvalue weighted by molar-refractivity contribution is -0.0444. The molecule has 0 bridgehead atoms. The zero-order valence-electron chi connectivity index (χ0n) is 14.5. The van der Waals surface area contributed by atoms with Crippen molar-refractivity contribution in [1.29, 1.82) is 0 Å². The van der Waals surface area contributed by atoms with Gasteiger partial charge in [0.2, 0.25) is 0 Å². The number of alkyl halides is 6. The number of ether oxygens (including phenoxy) is 2. The van der Waals surface area contributed by atoms with E-state index >= 15 is 0 Å². The number of nitrogens with zero attached hydrogens (tertiary/aromatic N) is 1. The van der Waals surface area contributed by atoms with Crippen molar-refractivity contribution in [3.8, 4) is 5.75 Å². The number of benzene rings is 1. The number of sulfonamides is 2. The third-order valence-corrected chi connectivity index (χ3v) is 8.12. The number of methoxy groups -OCH3 is 1. The van der Waals surface area contributed by atoms with E-state index in [1.54, 1.807) is 7.11 Å². The molecule has 0 radical (unpaired) electrons. The van der Waals surface area contributed by atoms with E-state index in [-0.39, 0.29) is 0 Å².